The number of methoxy groups -OCH3 is 2. The van der Waals surface area contributed by atoms with Crippen LogP contribution in [0.1, 0.15) is 11.3 Å². The molecule has 4 aromatic rings. The summed E-state index contributed by atoms with van der Waals surface area (Å²) in [6, 6.07) is 15.8. The van der Waals surface area contributed by atoms with Gasteiger partial charge in [0.1, 0.15) is 11.6 Å². The third-order valence-corrected chi connectivity index (χ3v) is 5.41. The third-order valence-electron chi connectivity index (χ3n) is 4.40. The Bertz CT molecular complexity index is 1140. The van der Waals surface area contributed by atoms with Crippen LogP contribution in [0.25, 0.3) is 23.0 Å². The summed E-state index contributed by atoms with van der Waals surface area (Å²) in [7, 11) is 3.12. The molecule has 8 heteroatoms. The highest BCUT2D eigenvalue weighted by molar-refractivity contribution is 7.97. The van der Waals surface area contributed by atoms with Crippen molar-refractivity contribution < 1.29 is 22.8 Å². The van der Waals surface area contributed by atoms with Gasteiger partial charge in [0, 0.05) is 5.75 Å². The number of nitrogens with zero attached hydrogens (tertiary/aromatic N) is 2. The van der Waals surface area contributed by atoms with E-state index >= 15 is 0 Å². The van der Waals surface area contributed by atoms with Crippen LogP contribution < -0.4 is 9.47 Å². The highest BCUT2D eigenvalue weighted by Gasteiger charge is 2.19. The van der Waals surface area contributed by atoms with Gasteiger partial charge in [-0.15, -0.1) is 11.8 Å². The van der Waals surface area contributed by atoms with E-state index in [2.05, 4.69) is 10.1 Å². The van der Waals surface area contributed by atoms with E-state index in [4.69, 9.17) is 18.4 Å². The minimum absolute atomic E-state index is 0.198. The lowest BCUT2D eigenvalue weighted by Crippen LogP contribution is -1.93. The fourth-order valence-corrected chi connectivity index (χ4v) is 3.86. The van der Waals surface area contributed by atoms with Crippen molar-refractivity contribution in [2.45, 2.75) is 11.5 Å². The van der Waals surface area contributed by atoms with Gasteiger partial charge in [-0.25, -0.2) is 4.39 Å². The summed E-state index contributed by atoms with van der Waals surface area (Å²) < 4.78 is 35.6. The van der Waals surface area contributed by atoms with Crippen molar-refractivity contribution in [3.8, 4) is 34.5 Å². The van der Waals surface area contributed by atoms with Crippen LogP contribution >= 0.6 is 11.8 Å². The molecule has 154 valence electrons. The Kier molecular flexibility index (Phi) is 6.04. The first-order valence-corrected chi connectivity index (χ1v) is 10.3. The van der Waals surface area contributed by atoms with Crippen molar-refractivity contribution in [1.29, 1.82) is 0 Å². The van der Waals surface area contributed by atoms with E-state index in [0.717, 1.165) is 5.76 Å². The predicted octanol–water partition coefficient (Wildman–Crippen LogP) is 5.59. The van der Waals surface area contributed by atoms with Crippen molar-refractivity contribution >= 4 is 11.8 Å². The third kappa shape index (κ3) is 4.18. The standard InChI is InChI=1S/C22H19FN2O4S/c1-26-18-9-5-7-16(20(18)27-2)21-24-22(29-25-21)19-11-10-15(28-19)13-30-12-14-6-3-4-8-17(14)23/h3-11H,12-13H2,1-2H3. The molecular formula is C22H19FN2O4S. The van der Waals surface area contributed by atoms with Crippen LogP contribution in [0.4, 0.5) is 4.39 Å². The Labute approximate surface area is 177 Å². The molecule has 0 aliphatic carbocycles. The van der Waals surface area contributed by atoms with Gasteiger partial charge in [0.2, 0.25) is 5.82 Å². The summed E-state index contributed by atoms with van der Waals surface area (Å²) in [4.78, 5) is 4.42. The molecule has 0 saturated carbocycles. The Morgan fingerprint density at radius 2 is 1.83 bits per heavy atom. The number of hydrogen-bond donors (Lipinski definition) is 0. The second-order valence-electron chi connectivity index (χ2n) is 6.31. The molecule has 0 saturated heterocycles. The molecule has 0 N–H and O–H groups in total. The van der Waals surface area contributed by atoms with E-state index in [1.165, 1.54) is 6.07 Å². The molecule has 0 unspecified atom stereocenters. The van der Waals surface area contributed by atoms with Crippen LogP contribution in [0, 0.1) is 5.82 Å². The topological polar surface area (TPSA) is 70.5 Å². The molecule has 0 atom stereocenters. The molecule has 0 spiro atoms. The molecule has 4 rings (SSSR count). The van der Waals surface area contributed by atoms with Gasteiger partial charge in [0.15, 0.2) is 17.3 Å². The van der Waals surface area contributed by atoms with Gasteiger partial charge in [-0.05, 0) is 35.9 Å². The van der Waals surface area contributed by atoms with Crippen molar-refractivity contribution in [2.24, 2.45) is 0 Å². The Balaban J connectivity index is 1.46. The number of para-hydroxylation sites is 1. The maximum absolute atomic E-state index is 13.7. The van der Waals surface area contributed by atoms with Gasteiger partial charge in [-0.3, -0.25) is 0 Å². The molecule has 0 bridgehead atoms. The van der Waals surface area contributed by atoms with Gasteiger partial charge in [-0.1, -0.05) is 29.4 Å². The largest absolute Gasteiger partial charge is 0.493 e. The number of benzene rings is 2. The Hall–Kier alpha value is -3.26. The zero-order valence-corrected chi connectivity index (χ0v) is 17.2. The highest BCUT2D eigenvalue weighted by Crippen LogP contribution is 2.37. The van der Waals surface area contributed by atoms with E-state index < -0.39 is 0 Å². The van der Waals surface area contributed by atoms with E-state index in [0.29, 0.717) is 45.7 Å². The van der Waals surface area contributed by atoms with Crippen LogP contribution in [-0.2, 0) is 11.5 Å². The minimum Gasteiger partial charge on any atom is -0.493 e. The number of furan rings is 1. The highest BCUT2D eigenvalue weighted by atomic mass is 32.2. The van der Waals surface area contributed by atoms with Crippen LogP contribution in [0.5, 0.6) is 11.5 Å². The lowest BCUT2D eigenvalue weighted by molar-refractivity contribution is 0.355. The molecular weight excluding hydrogens is 407 g/mol. The van der Waals surface area contributed by atoms with Crippen molar-refractivity contribution in [2.75, 3.05) is 14.2 Å². The molecule has 0 radical (unpaired) electrons. The van der Waals surface area contributed by atoms with E-state index in [-0.39, 0.29) is 11.7 Å². The van der Waals surface area contributed by atoms with Gasteiger partial charge >= 0.3 is 0 Å². The Morgan fingerprint density at radius 1 is 0.967 bits per heavy atom. The SMILES string of the molecule is COc1cccc(-c2noc(-c3ccc(CSCc4ccccc4F)o3)n2)c1OC. The van der Waals surface area contributed by atoms with Crippen molar-refractivity contribution in [1.82, 2.24) is 10.1 Å². The Morgan fingerprint density at radius 3 is 2.63 bits per heavy atom. The maximum atomic E-state index is 13.7. The van der Waals surface area contributed by atoms with Crippen molar-refractivity contribution in [3.63, 3.8) is 0 Å². The lowest BCUT2D eigenvalue weighted by atomic mass is 10.1. The smallest absolute Gasteiger partial charge is 0.293 e. The van der Waals surface area contributed by atoms with Crippen LogP contribution in [-0.4, -0.2) is 24.4 Å². The van der Waals surface area contributed by atoms with Crippen LogP contribution in [0.3, 0.4) is 0 Å². The molecule has 2 heterocycles. The molecule has 0 aliphatic heterocycles. The van der Waals surface area contributed by atoms with Gasteiger partial charge < -0.3 is 18.4 Å². The molecule has 2 aromatic carbocycles. The summed E-state index contributed by atoms with van der Waals surface area (Å²) in [6.45, 7) is 0. The quantitative estimate of drug-likeness (QED) is 0.364. The molecule has 2 aromatic heterocycles. The summed E-state index contributed by atoms with van der Waals surface area (Å²) in [5, 5.41) is 4.04. The van der Waals surface area contributed by atoms with Crippen LogP contribution in [0.15, 0.2) is 63.5 Å². The maximum Gasteiger partial charge on any atom is 0.293 e. The second-order valence-corrected chi connectivity index (χ2v) is 7.30. The molecule has 30 heavy (non-hydrogen) atoms. The minimum atomic E-state index is -0.198. The summed E-state index contributed by atoms with van der Waals surface area (Å²) in [6.07, 6.45) is 0. The summed E-state index contributed by atoms with van der Waals surface area (Å²) in [5.74, 6) is 3.90. The first-order chi connectivity index (χ1) is 14.7. The number of aromatic nitrogens is 2. The first kappa shape index (κ1) is 20.0. The van der Waals surface area contributed by atoms with Crippen LogP contribution in [0.2, 0.25) is 0 Å². The lowest BCUT2D eigenvalue weighted by Gasteiger charge is -2.09. The van der Waals surface area contributed by atoms with Gasteiger partial charge in [0.25, 0.3) is 5.89 Å². The normalized spacial score (nSPS) is 10.9. The average molecular weight is 426 g/mol. The predicted molar refractivity (Wildman–Crippen MR) is 112 cm³/mol. The fourth-order valence-electron chi connectivity index (χ4n) is 2.94. The number of rotatable bonds is 8. The monoisotopic (exact) mass is 426 g/mol. The number of thioether (sulfide) groups is 1. The van der Waals surface area contributed by atoms with Gasteiger partial charge in [0.05, 0.1) is 25.5 Å². The number of halogens is 1. The second kappa shape index (κ2) is 9.04. The van der Waals surface area contributed by atoms with E-state index in [9.17, 15) is 4.39 Å². The van der Waals surface area contributed by atoms with Gasteiger partial charge in [-0.2, -0.15) is 4.98 Å². The number of hydrogen-bond acceptors (Lipinski definition) is 7. The number of ether oxygens (including phenoxy) is 2. The zero-order valence-electron chi connectivity index (χ0n) is 16.4. The molecule has 0 fully saturated rings. The molecule has 0 aliphatic rings. The summed E-state index contributed by atoms with van der Waals surface area (Å²) in [5.41, 5.74) is 1.32. The molecule has 6 nitrogen and oxygen atoms in total. The molecule has 0 amide bonds. The fraction of sp³-hybridized carbons (Fsp3) is 0.182. The summed E-state index contributed by atoms with van der Waals surface area (Å²) >= 11 is 1.56. The van der Waals surface area contributed by atoms with Crippen molar-refractivity contribution in [3.05, 3.63) is 71.7 Å². The first-order valence-electron chi connectivity index (χ1n) is 9.15. The average Bonchev–Trinajstić information content (AvgIpc) is 3.44. The van der Waals surface area contributed by atoms with E-state index in [1.54, 1.807) is 50.2 Å². The van der Waals surface area contributed by atoms with E-state index in [1.807, 2.05) is 24.3 Å². The zero-order chi connectivity index (χ0) is 20.9.